The molecule has 0 amide bonds. The van der Waals surface area contributed by atoms with Crippen LogP contribution in [0.2, 0.25) is 0 Å². The molecular formula is C21H40O3. The summed E-state index contributed by atoms with van der Waals surface area (Å²) in [4.78, 5) is 0. The van der Waals surface area contributed by atoms with Crippen LogP contribution >= 0.6 is 0 Å². The monoisotopic (exact) mass is 340 g/mol. The SMILES string of the molecule is CCCCCCCC(CCC1CCC2OC2C1)CC(C)(OC)OC. The summed E-state index contributed by atoms with van der Waals surface area (Å²) >= 11 is 0. The van der Waals surface area contributed by atoms with Crippen LogP contribution in [0.15, 0.2) is 0 Å². The van der Waals surface area contributed by atoms with Crippen LogP contribution in [0.25, 0.3) is 0 Å². The highest BCUT2D eigenvalue weighted by atomic mass is 16.7. The molecule has 0 aromatic rings. The maximum Gasteiger partial charge on any atom is 0.165 e. The molecule has 4 unspecified atom stereocenters. The zero-order valence-corrected chi connectivity index (χ0v) is 16.5. The first-order valence-electron chi connectivity index (χ1n) is 10.4. The number of rotatable bonds is 13. The van der Waals surface area contributed by atoms with Gasteiger partial charge in [0.05, 0.1) is 12.2 Å². The Labute approximate surface area is 149 Å². The summed E-state index contributed by atoms with van der Waals surface area (Å²) < 4.78 is 17.0. The van der Waals surface area contributed by atoms with Crippen LogP contribution in [0.1, 0.15) is 90.9 Å². The standard InChI is InChI=1S/C21H40O3/c1-5-6-7-8-9-10-18(16-21(2,22-3)23-4)12-11-17-13-14-19-20(15-17)24-19/h17-20H,5-16H2,1-4H3. The number of hydrogen-bond donors (Lipinski definition) is 0. The molecule has 0 aromatic carbocycles. The molecule has 1 saturated carbocycles. The van der Waals surface area contributed by atoms with Gasteiger partial charge in [-0.1, -0.05) is 51.9 Å². The van der Waals surface area contributed by atoms with Crippen molar-refractivity contribution in [2.45, 2.75) is 109 Å². The fraction of sp³-hybridized carbons (Fsp3) is 1.00. The summed E-state index contributed by atoms with van der Waals surface area (Å²) in [6.45, 7) is 4.37. The van der Waals surface area contributed by atoms with E-state index in [9.17, 15) is 0 Å². The molecule has 142 valence electrons. The van der Waals surface area contributed by atoms with Gasteiger partial charge in [0.2, 0.25) is 0 Å². The Bertz CT molecular complexity index is 340. The van der Waals surface area contributed by atoms with E-state index in [1.165, 1.54) is 70.6 Å². The predicted molar refractivity (Wildman–Crippen MR) is 99.1 cm³/mol. The van der Waals surface area contributed by atoms with Crippen LogP contribution in [0.5, 0.6) is 0 Å². The Morgan fingerprint density at radius 1 is 1.00 bits per heavy atom. The second-order valence-electron chi connectivity index (χ2n) is 8.28. The molecule has 0 aromatic heterocycles. The number of hydrogen-bond acceptors (Lipinski definition) is 3. The lowest BCUT2D eigenvalue weighted by molar-refractivity contribution is -0.204. The Balaban J connectivity index is 1.74. The molecule has 2 fully saturated rings. The lowest BCUT2D eigenvalue weighted by Crippen LogP contribution is -2.32. The van der Waals surface area contributed by atoms with E-state index in [0.717, 1.165) is 18.3 Å². The Morgan fingerprint density at radius 3 is 2.42 bits per heavy atom. The van der Waals surface area contributed by atoms with E-state index in [1.54, 1.807) is 14.2 Å². The molecule has 2 rings (SSSR count). The van der Waals surface area contributed by atoms with E-state index in [0.29, 0.717) is 12.2 Å². The van der Waals surface area contributed by atoms with Crippen molar-refractivity contribution in [2.75, 3.05) is 14.2 Å². The van der Waals surface area contributed by atoms with Crippen molar-refractivity contribution in [2.24, 2.45) is 11.8 Å². The zero-order chi connectivity index (χ0) is 17.4. The molecule has 0 spiro atoms. The summed E-state index contributed by atoms with van der Waals surface area (Å²) in [5.74, 6) is 1.17. The Morgan fingerprint density at radius 2 is 1.75 bits per heavy atom. The van der Waals surface area contributed by atoms with Crippen LogP contribution in [0, 0.1) is 11.8 Å². The van der Waals surface area contributed by atoms with Crippen LogP contribution < -0.4 is 0 Å². The summed E-state index contributed by atoms with van der Waals surface area (Å²) in [7, 11) is 3.54. The smallest absolute Gasteiger partial charge is 0.165 e. The number of methoxy groups -OCH3 is 2. The molecule has 0 bridgehead atoms. The third kappa shape index (κ3) is 6.65. The molecule has 2 aliphatic rings. The molecule has 3 heteroatoms. The molecule has 4 atom stereocenters. The molecule has 24 heavy (non-hydrogen) atoms. The van der Waals surface area contributed by atoms with Gasteiger partial charge in [0.15, 0.2) is 5.79 Å². The second-order valence-corrected chi connectivity index (χ2v) is 8.28. The van der Waals surface area contributed by atoms with E-state index < -0.39 is 5.79 Å². The second kappa shape index (κ2) is 10.1. The quantitative estimate of drug-likeness (QED) is 0.244. The van der Waals surface area contributed by atoms with E-state index in [1.807, 2.05) is 0 Å². The third-order valence-corrected chi connectivity index (χ3v) is 6.33. The fourth-order valence-corrected chi connectivity index (χ4v) is 4.38. The minimum absolute atomic E-state index is 0.425. The molecule has 1 saturated heterocycles. The maximum atomic E-state index is 5.69. The van der Waals surface area contributed by atoms with Crippen LogP contribution in [-0.2, 0) is 14.2 Å². The largest absolute Gasteiger partial charge is 0.370 e. The van der Waals surface area contributed by atoms with Gasteiger partial charge in [-0.15, -0.1) is 0 Å². The van der Waals surface area contributed by atoms with Crippen molar-refractivity contribution in [3.8, 4) is 0 Å². The minimum atomic E-state index is -0.425. The van der Waals surface area contributed by atoms with Gasteiger partial charge in [-0.05, 0) is 44.4 Å². The fourth-order valence-electron chi connectivity index (χ4n) is 4.38. The van der Waals surface area contributed by atoms with Gasteiger partial charge < -0.3 is 14.2 Å². The average molecular weight is 341 g/mol. The lowest BCUT2D eigenvalue weighted by Gasteiger charge is -2.32. The summed E-state index contributed by atoms with van der Waals surface area (Å²) in [6.07, 6.45) is 17.0. The predicted octanol–water partition coefficient (Wildman–Crippen LogP) is 5.71. The van der Waals surface area contributed by atoms with Gasteiger partial charge >= 0.3 is 0 Å². The molecule has 0 radical (unpaired) electrons. The third-order valence-electron chi connectivity index (χ3n) is 6.33. The van der Waals surface area contributed by atoms with Gasteiger partial charge in [-0.25, -0.2) is 0 Å². The van der Waals surface area contributed by atoms with Crippen molar-refractivity contribution in [1.82, 2.24) is 0 Å². The van der Waals surface area contributed by atoms with Gasteiger partial charge in [0.1, 0.15) is 0 Å². The summed E-state index contributed by atoms with van der Waals surface area (Å²) in [5, 5.41) is 0. The molecule has 0 N–H and O–H groups in total. The van der Waals surface area contributed by atoms with Crippen LogP contribution in [-0.4, -0.2) is 32.2 Å². The number of unbranched alkanes of at least 4 members (excludes halogenated alkanes) is 4. The van der Waals surface area contributed by atoms with E-state index >= 15 is 0 Å². The topological polar surface area (TPSA) is 31.0 Å². The first-order valence-corrected chi connectivity index (χ1v) is 10.4. The highest BCUT2D eigenvalue weighted by Crippen LogP contribution is 2.42. The highest BCUT2D eigenvalue weighted by molar-refractivity contribution is 4.92. The molecule has 1 aliphatic heterocycles. The van der Waals surface area contributed by atoms with Crippen molar-refractivity contribution in [3.05, 3.63) is 0 Å². The van der Waals surface area contributed by atoms with Crippen LogP contribution in [0.4, 0.5) is 0 Å². The van der Waals surface area contributed by atoms with Crippen LogP contribution in [0.3, 0.4) is 0 Å². The van der Waals surface area contributed by atoms with E-state index in [-0.39, 0.29) is 0 Å². The van der Waals surface area contributed by atoms with Crippen molar-refractivity contribution < 1.29 is 14.2 Å². The Hall–Kier alpha value is -0.120. The van der Waals surface area contributed by atoms with Gasteiger partial charge in [-0.3, -0.25) is 0 Å². The summed E-state index contributed by atoms with van der Waals surface area (Å²) in [6, 6.07) is 0. The molecule has 1 heterocycles. The van der Waals surface area contributed by atoms with Crippen molar-refractivity contribution in [1.29, 1.82) is 0 Å². The van der Waals surface area contributed by atoms with Gasteiger partial charge in [0, 0.05) is 20.6 Å². The summed E-state index contributed by atoms with van der Waals surface area (Å²) in [5.41, 5.74) is 0. The zero-order valence-electron chi connectivity index (χ0n) is 16.5. The van der Waals surface area contributed by atoms with Gasteiger partial charge in [-0.2, -0.15) is 0 Å². The van der Waals surface area contributed by atoms with Crippen molar-refractivity contribution >= 4 is 0 Å². The van der Waals surface area contributed by atoms with E-state index in [2.05, 4.69) is 13.8 Å². The normalized spacial score (nSPS) is 27.8. The first kappa shape index (κ1) is 20.2. The number of fused-ring (bicyclic) bond motifs is 1. The van der Waals surface area contributed by atoms with Crippen molar-refractivity contribution in [3.63, 3.8) is 0 Å². The average Bonchev–Trinajstić information content (AvgIpc) is 3.37. The molecule has 3 nitrogen and oxygen atoms in total. The maximum absolute atomic E-state index is 5.69. The Kier molecular flexibility index (Phi) is 8.53. The minimum Gasteiger partial charge on any atom is -0.370 e. The number of ether oxygens (including phenoxy) is 3. The molecule has 1 aliphatic carbocycles. The first-order chi connectivity index (χ1) is 11.6. The highest BCUT2D eigenvalue weighted by Gasteiger charge is 2.43. The van der Waals surface area contributed by atoms with E-state index in [4.69, 9.17) is 14.2 Å². The molecular weight excluding hydrogens is 300 g/mol. The van der Waals surface area contributed by atoms with Gasteiger partial charge in [0.25, 0.3) is 0 Å². The number of epoxide rings is 1. The lowest BCUT2D eigenvalue weighted by atomic mass is 9.81.